The van der Waals surface area contributed by atoms with Crippen molar-refractivity contribution in [2.45, 2.75) is 6.92 Å². The summed E-state index contributed by atoms with van der Waals surface area (Å²) in [6.07, 6.45) is 3.05. The Morgan fingerprint density at radius 1 is 1.03 bits per heavy atom. The number of benzene rings is 2. The third kappa shape index (κ3) is 2.98. The van der Waals surface area contributed by atoms with Crippen LogP contribution in [0.3, 0.4) is 0 Å². The summed E-state index contributed by atoms with van der Waals surface area (Å²) >= 11 is 0. The number of nitrogen functional groups attached to an aromatic ring is 1. The van der Waals surface area contributed by atoms with Gasteiger partial charge in [-0.2, -0.15) is 0 Å². The molecule has 0 aliphatic heterocycles. The molecule has 0 saturated heterocycles. The first kappa shape index (κ1) is 17.0. The van der Waals surface area contributed by atoms with Crippen LogP contribution in [0.5, 0.6) is 11.5 Å². The maximum Gasteiger partial charge on any atom is 0.162 e. The van der Waals surface area contributed by atoms with Crippen molar-refractivity contribution in [3.63, 3.8) is 0 Å². The third-order valence-electron chi connectivity index (χ3n) is 4.63. The number of nitrogens with zero attached hydrogens (tertiary/aromatic N) is 7. The molecule has 0 bridgehead atoms. The number of hydrogen-bond acceptors (Lipinski definition) is 8. The number of anilines is 1. The van der Waals surface area contributed by atoms with Crippen LogP contribution in [0, 0.1) is 6.92 Å². The Balaban J connectivity index is 1.48. The Morgan fingerprint density at radius 3 is 2.79 bits per heavy atom. The Hall–Kier alpha value is -4.14. The van der Waals surface area contributed by atoms with E-state index < -0.39 is 0 Å². The number of nitrogens with two attached hydrogens (primary N) is 1. The average molecular weight is 384 g/mol. The fourth-order valence-electron chi connectivity index (χ4n) is 3.15. The predicted molar refractivity (Wildman–Crippen MR) is 108 cm³/mol. The maximum absolute atomic E-state index is 6.05. The van der Waals surface area contributed by atoms with Gasteiger partial charge in [0.1, 0.15) is 34.4 Å². The lowest BCUT2D eigenvalue weighted by molar-refractivity contribution is 0.479. The van der Waals surface area contributed by atoms with Crippen molar-refractivity contribution in [1.82, 2.24) is 34.9 Å². The maximum atomic E-state index is 6.05. The number of hydrogen-bond donors (Lipinski definition) is 1. The summed E-state index contributed by atoms with van der Waals surface area (Å²) in [5, 5.41) is 8.14. The van der Waals surface area contributed by atoms with Gasteiger partial charge in [-0.1, -0.05) is 5.21 Å². The smallest absolute Gasteiger partial charge is 0.162 e. The second-order valence-electron chi connectivity index (χ2n) is 6.63. The molecule has 0 amide bonds. The van der Waals surface area contributed by atoms with Crippen LogP contribution < -0.4 is 10.5 Å². The summed E-state index contributed by atoms with van der Waals surface area (Å²) in [5.74, 6) is 2.26. The van der Waals surface area contributed by atoms with Gasteiger partial charge < -0.3 is 10.5 Å². The first-order valence-electron chi connectivity index (χ1n) is 8.90. The zero-order valence-electron chi connectivity index (χ0n) is 15.7. The van der Waals surface area contributed by atoms with E-state index in [0.717, 1.165) is 27.9 Å². The second kappa shape index (κ2) is 6.48. The molecule has 0 unspecified atom stereocenters. The normalized spacial score (nSPS) is 11.2. The molecule has 0 aliphatic rings. The molecule has 9 heteroatoms. The van der Waals surface area contributed by atoms with Gasteiger partial charge in [-0.15, -0.1) is 5.10 Å². The zero-order valence-corrected chi connectivity index (χ0v) is 15.7. The summed E-state index contributed by atoms with van der Waals surface area (Å²) < 4.78 is 7.77. The van der Waals surface area contributed by atoms with Crippen LogP contribution in [0.1, 0.15) is 5.56 Å². The van der Waals surface area contributed by atoms with E-state index in [9.17, 15) is 0 Å². The molecule has 29 heavy (non-hydrogen) atoms. The van der Waals surface area contributed by atoms with Crippen LogP contribution in [0.25, 0.3) is 33.5 Å². The lowest BCUT2D eigenvalue weighted by atomic mass is 10.1. The first-order valence-corrected chi connectivity index (χ1v) is 8.90. The molecular weight excluding hydrogens is 368 g/mol. The van der Waals surface area contributed by atoms with Crippen molar-refractivity contribution in [3.05, 3.63) is 54.5 Å². The fourth-order valence-corrected chi connectivity index (χ4v) is 3.15. The van der Waals surface area contributed by atoms with Crippen LogP contribution in [0.15, 0.2) is 48.9 Å². The highest BCUT2D eigenvalue weighted by Crippen LogP contribution is 2.30. The molecule has 5 rings (SSSR count). The summed E-state index contributed by atoms with van der Waals surface area (Å²) in [5.41, 5.74) is 10.7. The van der Waals surface area contributed by atoms with Crippen molar-refractivity contribution >= 4 is 27.9 Å². The molecule has 0 radical (unpaired) electrons. The zero-order chi connectivity index (χ0) is 20.0. The Morgan fingerprint density at radius 2 is 1.93 bits per heavy atom. The number of aryl methyl sites for hydroxylation is 2. The highest BCUT2D eigenvalue weighted by Gasteiger charge is 2.11. The quantitative estimate of drug-likeness (QED) is 0.504. The largest absolute Gasteiger partial charge is 0.457 e. The molecule has 0 atom stereocenters. The molecule has 2 aromatic carbocycles. The van der Waals surface area contributed by atoms with Crippen molar-refractivity contribution in [3.8, 4) is 22.9 Å². The van der Waals surface area contributed by atoms with Crippen LogP contribution in [0.4, 0.5) is 5.82 Å². The SMILES string of the molecule is Cc1cc(-c2nc(N)c3ncncc3n2)ccc1Oc1ccc2c(c1)nnn2C. The van der Waals surface area contributed by atoms with Crippen molar-refractivity contribution in [2.24, 2.45) is 7.05 Å². The number of aromatic nitrogens is 7. The van der Waals surface area contributed by atoms with Gasteiger partial charge in [0.05, 0.1) is 11.7 Å². The van der Waals surface area contributed by atoms with E-state index in [1.54, 1.807) is 10.9 Å². The molecule has 0 aliphatic carbocycles. The third-order valence-corrected chi connectivity index (χ3v) is 4.63. The average Bonchev–Trinajstić information content (AvgIpc) is 3.10. The highest BCUT2D eigenvalue weighted by atomic mass is 16.5. The lowest BCUT2D eigenvalue weighted by Crippen LogP contribution is -2.00. The van der Waals surface area contributed by atoms with Gasteiger partial charge in [-0.05, 0) is 42.8 Å². The summed E-state index contributed by atoms with van der Waals surface area (Å²) in [4.78, 5) is 17.0. The van der Waals surface area contributed by atoms with Crippen molar-refractivity contribution in [1.29, 1.82) is 0 Å². The van der Waals surface area contributed by atoms with Crippen LogP contribution in [-0.4, -0.2) is 34.9 Å². The first-order chi connectivity index (χ1) is 14.1. The Kier molecular flexibility index (Phi) is 3.80. The van der Waals surface area contributed by atoms with Crippen LogP contribution in [-0.2, 0) is 7.05 Å². The monoisotopic (exact) mass is 384 g/mol. The molecule has 0 fully saturated rings. The summed E-state index contributed by atoms with van der Waals surface area (Å²) in [7, 11) is 1.85. The van der Waals surface area contributed by atoms with E-state index in [1.807, 2.05) is 50.4 Å². The van der Waals surface area contributed by atoms with Crippen LogP contribution in [0.2, 0.25) is 0 Å². The van der Waals surface area contributed by atoms with Crippen molar-refractivity contribution < 1.29 is 4.74 Å². The molecule has 3 aromatic heterocycles. The van der Waals surface area contributed by atoms with E-state index in [1.165, 1.54) is 6.33 Å². The van der Waals surface area contributed by atoms with Gasteiger partial charge in [0.25, 0.3) is 0 Å². The molecule has 9 nitrogen and oxygen atoms in total. The standard InChI is InChI=1S/C20H16N8O/c1-11-7-12(20-24-15-9-22-10-23-18(15)19(21)25-20)3-6-17(11)29-13-4-5-16-14(8-13)26-27-28(16)2/h3-10H,1-2H3,(H2,21,24,25). The molecule has 5 aromatic rings. The van der Waals surface area contributed by atoms with Gasteiger partial charge in [-0.25, -0.2) is 24.6 Å². The minimum absolute atomic E-state index is 0.322. The summed E-state index contributed by atoms with van der Waals surface area (Å²) in [6.45, 7) is 1.97. The molecule has 142 valence electrons. The van der Waals surface area contributed by atoms with E-state index in [4.69, 9.17) is 10.5 Å². The summed E-state index contributed by atoms with van der Waals surface area (Å²) in [6, 6.07) is 11.4. The highest BCUT2D eigenvalue weighted by molar-refractivity contribution is 5.85. The van der Waals surface area contributed by atoms with Crippen molar-refractivity contribution in [2.75, 3.05) is 5.73 Å². The fraction of sp³-hybridized carbons (Fsp3) is 0.100. The Labute approximate surface area is 165 Å². The minimum atomic E-state index is 0.322. The topological polar surface area (TPSA) is 118 Å². The molecule has 0 spiro atoms. The van der Waals surface area contributed by atoms with Gasteiger partial charge in [0.15, 0.2) is 11.6 Å². The lowest BCUT2D eigenvalue weighted by Gasteiger charge is -2.11. The second-order valence-corrected chi connectivity index (χ2v) is 6.63. The minimum Gasteiger partial charge on any atom is -0.457 e. The molecule has 2 N–H and O–H groups in total. The van der Waals surface area contributed by atoms with Crippen LogP contribution >= 0.6 is 0 Å². The number of fused-ring (bicyclic) bond motifs is 2. The molecular formula is C20H16N8O. The van der Waals surface area contributed by atoms with Gasteiger partial charge in [-0.3, -0.25) is 0 Å². The molecule has 3 heterocycles. The number of ether oxygens (including phenoxy) is 1. The molecule has 0 saturated carbocycles. The predicted octanol–water partition coefficient (Wildman–Crippen LogP) is 3.05. The Bertz CT molecular complexity index is 1380. The van der Waals surface area contributed by atoms with E-state index >= 15 is 0 Å². The van der Waals surface area contributed by atoms with Gasteiger partial charge in [0.2, 0.25) is 0 Å². The number of rotatable bonds is 3. The van der Waals surface area contributed by atoms with E-state index in [0.29, 0.717) is 28.4 Å². The van der Waals surface area contributed by atoms with Gasteiger partial charge >= 0.3 is 0 Å². The van der Waals surface area contributed by atoms with E-state index in [2.05, 4.69) is 30.2 Å². The van der Waals surface area contributed by atoms with Gasteiger partial charge in [0, 0.05) is 18.7 Å². The van der Waals surface area contributed by atoms with E-state index in [-0.39, 0.29) is 0 Å².